The van der Waals surface area contributed by atoms with Crippen LogP contribution < -0.4 is 0 Å². The zero-order valence-electron chi connectivity index (χ0n) is 24.5. The van der Waals surface area contributed by atoms with Gasteiger partial charge in [0, 0.05) is 32.6 Å². The number of nitrogens with zero attached hydrogens (tertiary/aromatic N) is 2. The van der Waals surface area contributed by atoms with Crippen molar-refractivity contribution in [2.75, 3.05) is 59.1 Å². The first-order valence-corrected chi connectivity index (χ1v) is 15.0. The average Bonchev–Trinajstić information content (AvgIpc) is 2.89. The summed E-state index contributed by atoms with van der Waals surface area (Å²) in [6, 6.07) is 0. The summed E-state index contributed by atoms with van der Waals surface area (Å²) in [4.78, 5) is 28.8. The van der Waals surface area contributed by atoms with Crippen molar-refractivity contribution in [2.24, 2.45) is 0 Å². The van der Waals surface area contributed by atoms with Crippen LogP contribution in [0.1, 0.15) is 111 Å². The minimum absolute atomic E-state index is 0.0732. The predicted molar refractivity (Wildman–Crippen MR) is 150 cm³/mol. The number of ether oxygens (including phenoxy) is 3. The molecule has 0 rings (SSSR count). The van der Waals surface area contributed by atoms with E-state index in [1.54, 1.807) is 0 Å². The fraction of sp³-hybridized carbons (Fsp3) is 0.931. The Morgan fingerprint density at radius 3 is 1.95 bits per heavy atom. The maximum Gasteiger partial charge on any atom is 0.508 e. The van der Waals surface area contributed by atoms with E-state index in [0.29, 0.717) is 39.0 Å². The summed E-state index contributed by atoms with van der Waals surface area (Å²) in [5.74, 6) is -0.170. The van der Waals surface area contributed by atoms with Crippen molar-refractivity contribution < 1.29 is 28.9 Å². The number of esters is 1. The lowest BCUT2D eigenvalue weighted by Gasteiger charge is -2.25. The Hall–Kier alpha value is -1.38. The molecule has 1 atom stereocenters. The van der Waals surface area contributed by atoms with E-state index < -0.39 is 6.16 Å². The van der Waals surface area contributed by atoms with Gasteiger partial charge in [-0.05, 0) is 45.2 Å². The van der Waals surface area contributed by atoms with Gasteiger partial charge in [-0.3, -0.25) is 9.69 Å². The lowest BCUT2D eigenvalue weighted by molar-refractivity contribution is -0.144. The molecule has 0 aliphatic carbocycles. The summed E-state index contributed by atoms with van der Waals surface area (Å²) < 4.78 is 16.3. The molecule has 1 unspecified atom stereocenters. The molecular formula is C29H58N2O6. The van der Waals surface area contributed by atoms with Crippen LogP contribution in [0.15, 0.2) is 0 Å². The SMILES string of the molecule is CCCCCCCOC(=O)CCCC(CCCCCC)OC(=O)OCCN(CCO)CCN(CC)CC. The number of hydrogen-bond acceptors (Lipinski definition) is 8. The van der Waals surface area contributed by atoms with Gasteiger partial charge in [-0.25, -0.2) is 4.79 Å². The van der Waals surface area contributed by atoms with Crippen LogP contribution in [-0.2, 0) is 19.0 Å². The highest BCUT2D eigenvalue weighted by atomic mass is 16.7. The summed E-state index contributed by atoms with van der Waals surface area (Å²) in [6.07, 6.45) is 11.6. The number of aliphatic hydroxyl groups is 1. The number of rotatable bonds is 26. The Morgan fingerprint density at radius 2 is 1.30 bits per heavy atom. The monoisotopic (exact) mass is 530 g/mol. The fourth-order valence-corrected chi connectivity index (χ4v) is 4.23. The van der Waals surface area contributed by atoms with E-state index in [1.165, 1.54) is 19.3 Å². The number of unbranched alkanes of at least 4 members (excludes halogenated alkanes) is 7. The van der Waals surface area contributed by atoms with E-state index in [1.807, 2.05) is 0 Å². The third-order valence-corrected chi connectivity index (χ3v) is 6.73. The van der Waals surface area contributed by atoms with Gasteiger partial charge >= 0.3 is 12.1 Å². The fourth-order valence-electron chi connectivity index (χ4n) is 4.23. The minimum Gasteiger partial charge on any atom is -0.466 e. The number of aliphatic hydroxyl groups excluding tert-OH is 1. The maximum atomic E-state index is 12.4. The lowest BCUT2D eigenvalue weighted by atomic mass is 10.0. The minimum atomic E-state index is -0.650. The van der Waals surface area contributed by atoms with Crippen LogP contribution in [0.5, 0.6) is 0 Å². The Bertz CT molecular complexity index is 531. The van der Waals surface area contributed by atoms with E-state index in [9.17, 15) is 14.7 Å². The van der Waals surface area contributed by atoms with Crippen molar-refractivity contribution in [1.82, 2.24) is 9.80 Å². The normalized spacial score (nSPS) is 12.2. The van der Waals surface area contributed by atoms with Crippen molar-refractivity contribution in [2.45, 2.75) is 117 Å². The van der Waals surface area contributed by atoms with Crippen LogP contribution in [0.3, 0.4) is 0 Å². The standard InChI is InChI=1S/C29H58N2O6/c1-5-9-11-13-15-25-35-28(33)19-16-18-27(17-14-12-10-6-2)37-29(34)36-26-23-31(22-24-32)21-20-30(7-3)8-4/h27,32H,5-26H2,1-4H3. The first-order chi connectivity index (χ1) is 18.0. The molecule has 0 aliphatic rings. The molecule has 0 bridgehead atoms. The molecule has 220 valence electrons. The highest BCUT2D eigenvalue weighted by Gasteiger charge is 2.17. The Balaban J connectivity index is 4.39. The quantitative estimate of drug-likeness (QED) is 0.111. The Morgan fingerprint density at radius 1 is 0.676 bits per heavy atom. The third kappa shape index (κ3) is 22.3. The van der Waals surface area contributed by atoms with Gasteiger partial charge in [0.2, 0.25) is 0 Å². The Labute approximate surface area is 227 Å². The summed E-state index contributed by atoms with van der Waals surface area (Å²) in [5, 5.41) is 9.36. The third-order valence-electron chi connectivity index (χ3n) is 6.73. The Kier molecular flexibility index (Phi) is 25.3. The molecule has 0 saturated carbocycles. The molecule has 0 fully saturated rings. The van der Waals surface area contributed by atoms with Gasteiger partial charge in [0.1, 0.15) is 12.7 Å². The molecule has 0 heterocycles. The zero-order valence-corrected chi connectivity index (χ0v) is 24.5. The molecule has 1 N–H and O–H groups in total. The molecule has 37 heavy (non-hydrogen) atoms. The number of likely N-dealkylation sites (N-methyl/N-ethyl adjacent to an activating group) is 1. The van der Waals surface area contributed by atoms with Gasteiger partial charge in [-0.1, -0.05) is 72.6 Å². The summed E-state index contributed by atoms with van der Waals surface area (Å²) >= 11 is 0. The molecule has 8 heteroatoms. The highest BCUT2D eigenvalue weighted by Crippen LogP contribution is 2.16. The second-order valence-electron chi connectivity index (χ2n) is 9.81. The molecular weight excluding hydrogens is 472 g/mol. The van der Waals surface area contributed by atoms with Crippen molar-refractivity contribution >= 4 is 12.1 Å². The molecule has 0 spiro atoms. The van der Waals surface area contributed by atoms with Crippen molar-refractivity contribution in [3.8, 4) is 0 Å². The second kappa shape index (κ2) is 26.2. The van der Waals surface area contributed by atoms with Crippen LogP contribution in [0.25, 0.3) is 0 Å². The van der Waals surface area contributed by atoms with Crippen molar-refractivity contribution in [3.63, 3.8) is 0 Å². The zero-order chi connectivity index (χ0) is 27.6. The summed E-state index contributed by atoms with van der Waals surface area (Å²) in [5.41, 5.74) is 0. The van der Waals surface area contributed by atoms with Gasteiger partial charge < -0.3 is 24.2 Å². The van der Waals surface area contributed by atoms with Crippen molar-refractivity contribution in [1.29, 1.82) is 0 Å². The first kappa shape index (κ1) is 35.6. The van der Waals surface area contributed by atoms with Crippen LogP contribution in [0.2, 0.25) is 0 Å². The van der Waals surface area contributed by atoms with Gasteiger partial charge in [0.15, 0.2) is 0 Å². The smallest absolute Gasteiger partial charge is 0.466 e. The van der Waals surface area contributed by atoms with E-state index in [2.05, 4.69) is 37.5 Å². The number of carbonyl (C=O) groups is 2. The second-order valence-corrected chi connectivity index (χ2v) is 9.81. The van der Waals surface area contributed by atoms with Crippen molar-refractivity contribution in [3.05, 3.63) is 0 Å². The van der Waals surface area contributed by atoms with Crippen LogP contribution in [0.4, 0.5) is 4.79 Å². The predicted octanol–water partition coefficient (Wildman–Crippen LogP) is 5.80. The summed E-state index contributed by atoms with van der Waals surface area (Å²) in [7, 11) is 0. The maximum absolute atomic E-state index is 12.4. The van der Waals surface area contributed by atoms with Crippen LogP contribution in [-0.4, -0.2) is 92.2 Å². The lowest BCUT2D eigenvalue weighted by Crippen LogP contribution is -2.38. The number of carbonyl (C=O) groups excluding carboxylic acids is 2. The summed E-state index contributed by atoms with van der Waals surface area (Å²) in [6.45, 7) is 14.2. The molecule has 0 aliphatic heterocycles. The molecule has 0 radical (unpaired) electrons. The highest BCUT2D eigenvalue weighted by molar-refractivity contribution is 5.69. The molecule has 0 aromatic rings. The average molecular weight is 531 g/mol. The topological polar surface area (TPSA) is 88.5 Å². The molecule has 0 amide bonds. The molecule has 0 saturated heterocycles. The van der Waals surface area contributed by atoms with Gasteiger partial charge in [-0.2, -0.15) is 0 Å². The largest absolute Gasteiger partial charge is 0.508 e. The first-order valence-electron chi connectivity index (χ1n) is 15.0. The molecule has 8 nitrogen and oxygen atoms in total. The number of hydrogen-bond donors (Lipinski definition) is 1. The molecule has 0 aromatic carbocycles. The van der Waals surface area contributed by atoms with Gasteiger partial charge in [-0.15, -0.1) is 0 Å². The van der Waals surface area contributed by atoms with Gasteiger partial charge in [0.25, 0.3) is 0 Å². The van der Waals surface area contributed by atoms with Crippen LogP contribution in [0, 0.1) is 0 Å². The van der Waals surface area contributed by atoms with Crippen LogP contribution >= 0.6 is 0 Å². The van der Waals surface area contributed by atoms with Gasteiger partial charge in [0.05, 0.1) is 13.2 Å². The van der Waals surface area contributed by atoms with E-state index in [-0.39, 0.29) is 25.3 Å². The van der Waals surface area contributed by atoms with E-state index in [4.69, 9.17) is 14.2 Å². The van der Waals surface area contributed by atoms with E-state index >= 15 is 0 Å². The van der Waals surface area contributed by atoms with E-state index in [0.717, 1.165) is 71.1 Å². The molecule has 0 aromatic heterocycles.